The molecule has 6 rings (SSSR count). The second-order valence-corrected chi connectivity index (χ2v) is 9.57. The standard InChI is InChI=1S/C30H27BN6O6/c1-4-41-28(38)19-7-10-22-25(13-19)35(16-32-22)31(36-17-33-23-11-8-20(14-26(23)36)29(39)42-5-2)37-18-34-24-12-9-21(15-27(24)37)30(40)43-6-3/h7-18H,4-6H2,1-3H3. The Bertz CT molecular complexity index is 1780. The van der Waals surface area contributed by atoms with E-state index in [2.05, 4.69) is 15.0 Å². The number of imidazole rings is 3. The van der Waals surface area contributed by atoms with Crippen molar-refractivity contribution < 1.29 is 28.6 Å². The second kappa shape index (κ2) is 11.4. The number of aromatic nitrogens is 6. The van der Waals surface area contributed by atoms with Crippen molar-refractivity contribution in [3.05, 3.63) is 90.3 Å². The summed E-state index contributed by atoms with van der Waals surface area (Å²) in [4.78, 5) is 51.7. The molecule has 0 atom stereocenters. The molecule has 0 unspecified atom stereocenters. The first-order chi connectivity index (χ1) is 20.9. The van der Waals surface area contributed by atoms with Gasteiger partial charge in [0.15, 0.2) is 0 Å². The predicted octanol–water partition coefficient (Wildman–Crippen LogP) is 4.20. The maximum absolute atomic E-state index is 12.6. The summed E-state index contributed by atoms with van der Waals surface area (Å²) in [5.41, 5.74) is 4.97. The van der Waals surface area contributed by atoms with Crippen LogP contribution in [0.5, 0.6) is 0 Å². The molecule has 3 aromatic heterocycles. The molecule has 0 amide bonds. The van der Waals surface area contributed by atoms with Crippen molar-refractivity contribution in [1.82, 2.24) is 28.4 Å². The topological polar surface area (TPSA) is 132 Å². The summed E-state index contributed by atoms with van der Waals surface area (Å²) in [6.07, 6.45) is 4.98. The van der Waals surface area contributed by atoms with E-state index in [9.17, 15) is 14.4 Å². The van der Waals surface area contributed by atoms with Crippen molar-refractivity contribution in [2.45, 2.75) is 20.8 Å². The maximum atomic E-state index is 12.6. The zero-order valence-electron chi connectivity index (χ0n) is 23.8. The van der Waals surface area contributed by atoms with E-state index >= 15 is 0 Å². The third kappa shape index (κ3) is 4.98. The smallest absolute Gasteiger partial charge is 0.462 e. The lowest BCUT2D eigenvalue weighted by Crippen LogP contribution is -2.40. The number of rotatable bonds is 9. The normalized spacial score (nSPS) is 11.2. The lowest BCUT2D eigenvalue weighted by atomic mass is 9.89. The quantitative estimate of drug-likeness (QED) is 0.141. The molecule has 0 bridgehead atoms. The van der Waals surface area contributed by atoms with E-state index in [0.717, 1.165) is 0 Å². The largest absolute Gasteiger partial charge is 0.521 e. The Kier molecular flexibility index (Phi) is 7.37. The van der Waals surface area contributed by atoms with Crippen LogP contribution in [0.1, 0.15) is 51.8 Å². The molecule has 0 radical (unpaired) electrons. The van der Waals surface area contributed by atoms with Crippen LogP contribution in [0.25, 0.3) is 33.1 Å². The molecule has 3 aromatic carbocycles. The van der Waals surface area contributed by atoms with E-state index in [0.29, 0.717) is 49.8 Å². The van der Waals surface area contributed by atoms with Crippen LogP contribution in [-0.2, 0) is 14.2 Å². The fourth-order valence-corrected chi connectivity index (χ4v) is 5.06. The van der Waals surface area contributed by atoms with Crippen LogP contribution < -0.4 is 0 Å². The van der Waals surface area contributed by atoms with Crippen LogP contribution in [0.4, 0.5) is 0 Å². The summed E-state index contributed by atoms with van der Waals surface area (Å²) in [6, 6.07) is 15.4. The van der Waals surface area contributed by atoms with Gasteiger partial charge in [0.25, 0.3) is 0 Å². The molecule has 13 heteroatoms. The fraction of sp³-hybridized carbons (Fsp3) is 0.200. The van der Waals surface area contributed by atoms with Gasteiger partial charge < -0.3 is 27.6 Å². The van der Waals surface area contributed by atoms with Gasteiger partial charge in [0.1, 0.15) is 0 Å². The Labute approximate surface area is 246 Å². The maximum Gasteiger partial charge on any atom is 0.521 e. The number of carbonyl (C=O) groups excluding carboxylic acids is 3. The molecule has 43 heavy (non-hydrogen) atoms. The van der Waals surface area contributed by atoms with Gasteiger partial charge in [-0.15, -0.1) is 0 Å². The molecule has 216 valence electrons. The molecule has 0 saturated heterocycles. The number of nitrogens with zero attached hydrogens (tertiary/aromatic N) is 6. The zero-order chi connectivity index (χ0) is 30.1. The summed E-state index contributed by atoms with van der Waals surface area (Å²) in [6.45, 7) is 5.98. The molecule has 0 N–H and O–H groups in total. The molecule has 0 saturated carbocycles. The molecule has 0 spiro atoms. The first kappa shape index (κ1) is 27.7. The average molecular weight is 578 g/mol. The van der Waals surface area contributed by atoms with E-state index in [1.165, 1.54) is 0 Å². The number of esters is 3. The molecule has 0 fully saturated rings. The van der Waals surface area contributed by atoms with Crippen LogP contribution in [0, 0.1) is 0 Å². The number of fused-ring (bicyclic) bond motifs is 3. The van der Waals surface area contributed by atoms with Gasteiger partial charge in [0, 0.05) is 0 Å². The Hall–Kier alpha value is -5.46. The molecule has 0 aliphatic rings. The average Bonchev–Trinajstić information content (AvgIpc) is 3.75. The van der Waals surface area contributed by atoms with Gasteiger partial charge in [-0.1, -0.05) is 0 Å². The summed E-state index contributed by atoms with van der Waals surface area (Å²) >= 11 is 0. The third-order valence-electron chi connectivity index (χ3n) is 7.00. The van der Waals surface area contributed by atoms with Crippen LogP contribution >= 0.6 is 0 Å². The number of hydrogen-bond acceptors (Lipinski definition) is 9. The van der Waals surface area contributed by atoms with Gasteiger partial charge in [-0.2, -0.15) is 0 Å². The van der Waals surface area contributed by atoms with Crippen LogP contribution in [0.3, 0.4) is 0 Å². The van der Waals surface area contributed by atoms with E-state index in [4.69, 9.17) is 14.2 Å². The number of hydrogen-bond donors (Lipinski definition) is 0. The molecule has 3 heterocycles. The van der Waals surface area contributed by atoms with Crippen molar-refractivity contribution in [3.8, 4) is 0 Å². The Balaban J connectivity index is 1.60. The number of carbonyl (C=O) groups is 3. The van der Waals surface area contributed by atoms with E-state index in [1.54, 1.807) is 94.4 Å². The highest BCUT2D eigenvalue weighted by Crippen LogP contribution is 2.24. The lowest BCUT2D eigenvalue weighted by Gasteiger charge is -2.19. The van der Waals surface area contributed by atoms with Gasteiger partial charge in [0.2, 0.25) is 0 Å². The van der Waals surface area contributed by atoms with E-state index in [1.807, 2.05) is 13.4 Å². The van der Waals surface area contributed by atoms with Crippen molar-refractivity contribution in [1.29, 1.82) is 0 Å². The summed E-state index contributed by atoms with van der Waals surface area (Å²) < 4.78 is 21.3. The van der Waals surface area contributed by atoms with Crippen molar-refractivity contribution in [2.75, 3.05) is 19.8 Å². The molecule has 6 aromatic rings. The highest BCUT2D eigenvalue weighted by molar-refractivity contribution is 6.57. The van der Waals surface area contributed by atoms with Gasteiger partial charge in [-0.05, 0) is 75.4 Å². The first-order valence-electron chi connectivity index (χ1n) is 13.8. The Morgan fingerprint density at radius 3 is 1.14 bits per heavy atom. The Morgan fingerprint density at radius 1 is 0.558 bits per heavy atom. The number of benzene rings is 3. The van der Waals surface area contributed by atoms with Crippen LogP contribution in [0.2, 0.25) is 0 Å². The fourth-order valence-electron chi connectivity index (χ4n) is 5.06. The van der Waals surface area contributed by atoms with Gasteiger partial charge in [0.05, 0.1) is 88.6 Å². The lowest BCUT2D eigenvalue weighted by molar-refractivity contribution is 0.0517. The van der Waals surface area contributed by atoms with E-state index < -0.39 is 25.0 Å². The van der Waals surface area contributed by atoms with Crippen LogP contribution in [0.15, 0.2) is 73.6 Å². The van der Waals surface area contributed by atoms with Gasteiger partial charge in [-0.3, -0.25) is 0 Å². The van der Waals surface area contributed by atoms with Crippen molar-refractivity contribution >= 4 is 58.1 Å². The highest BCUT2D eigenvalue weighted by Gasteiger charge is 2.30. The predicted molar refractivity (Wildman–Crippen MR) is 159 cm³/mol. The summed E-state index contributed by atoms with van der Waals surface area (Å²) in [5.74, 6) is -1.35. The third-order valence-corrected chi connectivity index (χ3v) is 7.00. The minimum Gasteiger partial charge on any atom is -0.462 e. The minimum absolute atomic E-state index is 0.242. The first-order valence-corrected chi connectivity index (χ1v) is 13.8. The van der Waals surface area contributed by atoms with Gasteiger partial charge >= 0.3 is 25.0 Å². The molecular weight excluding hydrogens is 551 g/mol. The minimum atomic E-state index is -0.715. The molecular formula is C30H27BN6O6. The number of ether oxygens (including phenoxy) is 3. The van der Waals surface area contributed by atoms with Crippen molar-refractivity contribution in [3.63, 3.8) is 0 Å². The highest BCUT2D eigenvalue weighted by atomic mass is 16.5. The molecule has 0 aliphatic heterocycles. The van der Waals surface area contributed by atoms with E-state index in [-0.39, 0.29) is 19.8 Å². The molecule has 12 nitrogen and oxygen atoms in total. The van der Waals surface area contributed by atoms with Crippen molar-refractivity contribution in [2.24, 2.45) is 0 Å². The summed E-state index contributed by atoms with van der Waals surface area (Å²) in [7, 11) is -0.715. The second-order valence-electron chi connectivity index (χ2n) is 9.57. The SMILES string of the molecule is CCOC(=O)c1ccc2ncn(B(n3cnc4ccc(C(=O)OCC)cc43)n3cnc4ccc(C(=O)OCC)cc43)c2c1. The zero-order valence-corrected chi connectivity index (χ0v) is 23.8. The molecule has 0 aliphatic carbocycles. The Morgan fingerprint density at radius 2 is 0.860 bits per heavy atom. The monoisotopic (exact) mass is 578 g/mol. The van der Waals surface area contributed by atoms with Gasteiger partial charge in [-0.25, -0.2) is 29.3 Å². The van der Waals surface area contributed by atoms with Crippen LogP contribution in [-0.4, -0.2) is 73.2 Å². The summed E-state index contributed by atoms with van der Waals surface area (Å²) in [5, 5.41) is 0.